The van der Waals surface area contributed by atoms with E-state index >= 15 is 0 Å². The number of carbonyl (C=O) groups excluding carboxylic acids is 1. The minimum absolute atomic E-state index is 0.244. The summed E-state index contributed by atoms with van der Waals surface area (Å²) in [6, 6.07) is 10.7. The lowest BCUT2D eigenvalue weighted by Gasteiger charge is -2.34. The molecule has 0 bridgehead atoms. The SMILES string of the molecule is O=C(C1CCCN(CCCc2ccccc2)C1)N1CCCCCC1.O=C(O)C(=O)O. The van der Waals surface area contributed by atoms with Crippen molar-refractivity contribution < 1.29 is 24.6 Å². The highest BCUT2D eigenvalue weighted by molar-refractivity contribution is 6.27. The van der Waals surface area contributed by atoms with Crippen LogP contribution in [0.1, 0.15) is 50.5 Å². The minimum Gasteiger partial charge on any atom is -0.473 e. The van der Waals surface area contributed by atoms with Gasteiger partial charge in [-0.3, -0.25) is 4.79 Å². The highest BCUT2D eigenvalue weighted by atomic mass is 16.4. The Morgan fingerprint density at radius 1 is 0.867 bits per heavy atom. The van der Waals surface area contributed by atoms with Crippen molar-refractivity contribution in [1.82, 2.24) is 9.80 Å². The van der Waals surface area contributed by atoms with E-state index < -0.39 is 11.9 Å². The molecule has 1 aromatic carbocycles. The molecule has 2 heterocycles. The number of carboxylic acids is 2. The van der Waals surface area contributed by atoms with Crippen molar-refractivity contribution in [1.29, 1.82) is 0 Å². The zero-order chi connectivity index (χ0) is 21.8. The maximum atomic E-state index is 12.8. The van der Waals surface area contributed by atoms with E-state index in [-0.39, 0.29) is 5.92 Å². The number of benzene rings is 1. The summed E-state index contributed by atoms with van der Waals surface area (Å²) in [6.45, 7) is 5.24. The van der Waals surface area contributed by atoms with Crippen molar-refractivity contribution in [2.75, 3.05) is 32.7 Å². The number of rotatable bonds is 5. The highest BCUT2D eigenvalue weighted by Crippen LogP contribution is 2.21. The van der Waals surface area contributed by atoms with Crippen molar-refractivity contribution >= 4 is 17.8 Å². The van der Waals surface area contributed by atoms with Gasteiger partial charge in [0.1, 0.15) is 0 Å². The molecule has 2 aliphatic rings. The number of aliphatic carboxylic acids is 2. The van der Waals surface area contributed by atoms with E-state index in [9.17, 15) is 4.79 Å². The lowest BCUT2D eigenvalue weighted by molar-refractivity contribution is -0.159. The van der Waals surface area contributed by atoms with Gasteiger partial charge in [0.05, 0.1) is 5.92 Å². The Bertz CT molecular complexity index is 659. The Morgan fingerprint density at radius 3 is 2.10 bits per heavy atom. The van der Waals surface area contributed by atoms with Crippen LogP contribution in [-0.4, -0.2) is 70.6 Å². The second kappa shape index (κ2) is 13.0. The largest absolute Gasteiger partial charge is 0.473 e. The van der Waals surface area contributed by atoms with Crippen LogP contribution in [0.3, 0.4) is 0 Å². The third kappa shape index (κ3) is 8.53. The van der Waals surface area contributed by atoms with Crippen LogP contribution in [0.15, 0.2) is 30.3 Å². The summed E-state index contributed by atoms with van der Waals surface area (Å²) in [5.74, 6) is -2.97. The fourth-order valence-corrected chi connectivity index (χ4v) is 4.16. The fraction of sp³-hybridized carbons (Fsp3) is 0.609. The van der Waals surface area contributed by atoms with E-state index in [1.165, 1.54) is 50.6 Å². The van der Waals surface area contributed by atoms with Gasteiger partial charge < -0.3 is 20.0 Å². The highest BCUT2D eigenvalue weighted by Gasteiger charge is 2.29. The zero-order valence-electron chi connectivity index (χ0n) is 17.7. The van der Waals surface area contributed by atoms with Crippen LogP contribution in [0.2, 0.25) is 0 Å². The number of carbonyl (C=O) groups is 3. The van der Waals surface area contributed by atoms with Gasteiger partial charge in [-0.25, -0.2) is 9.59 Å². The van der Waals surface area contributed by atoms with Gasteiger partial charge in [-0.2, -0.15) is 0 Å². The maximum absolute atomic E-state index is 12.8. The van der Waals surface area contributed by atoms with Crippen LogP contribution in [0.5, 0.6) is 0 Å². The molecule has 2 fully saturated rings. The number of amides is 1. The molecule has 3 rings (SSSR count). The number of likely N-dealkylation sites (tertiary alicyclic amines) is 2. The fourth-order valence-electron chi connectivity index (χ4n) is 4.16. The smallest absolute Gasteiger partial charge is 0.414 e. The van der Waals surface area contributed by atoms with Crippen LogP contribution >= 0.6 is 0 Å². The molecule has 2 aliphatic heterocycles. The van der Waals surface area contributed by atoms with Gasteiger partial charge in [0.25, 0.3) is 0 Å². The quantitative estimate of drug-likeness (QED) is 0.714. The van der Waals surface area contributed by atoms with E-state index in [0.717, 1.165) is 39.0 Å². The Morgan fingerprint density at radius 2 is 1.50 bits per heavy atom. The van der Waals surface area contributed by atoms with Gasteiger partial charge in [-0.1, -0.05) is 43.2 Å². The molecule has 7 heteroatoms. The molecule has 1 atom stereocenters. The first kappa shape index (κ1) is 23.9. The molecular formula is C23H34N2O5. The van der Waals surface area contributed by atoms with Gasteiger partial charge in [0.15, 0.2) is 0 Å². The average Bonchev–Trinajstić information content (AvgIpc) is 3.04. The monoisotopic (exact) mass is 418 g/mol. The standard InChI is InChI=1S/C21H32N2O.C2H2O4/c24-21(23-16-6-1-2-7-17-23)20-13-9-15-22(18-20)14-8-12-19-10-4-3-5-11-19;3-1(4)2(5)6/h3-5,10-11,20H,1-2,6-9,12-18H2;(H,3,4)(H,5,6). The number of aryl methyl sites for hydroxylation is 1. The molecule has 7 nitrogen and oxygen atoms in total. The van der Waals surface area contributed by atoms with E-state index in [2.05, 4.69) is 40.1 Å². The predicted octanol–water partition coefficient (Wildman–Crippen LogP) is 2.89. The topological polar surface area (TPSA) is 98.2 Å². The molecule has 1 unspecified atom stereocenters. The second-order valence-electron chi connectivity index (χ2n) is 8.08. The summed E-state index contributed by atoms with van der Waals surface area (Å²) in [5.41, 5.74) is 1.42. The molecule has 166 valence electrons. The molecule has 2 saturated heterocycles. The van der Waals surface area contributed by atoms with E-state index in [0.29, 0.717) is 5.91 Å². The summed E-state index contributed by atoms with van der Waals surface area (Å²) in [6.07, 6.45) is 9.56. The van der Waals surface area contributed by atoms with Crippen molar-refractivity contribution in [3.8, 4) is 0 Å². The van der Waals surface area contributed by atoms with Gasteiger partial charge in [-0.15, -0.1) is 0 Å². The lowest BCUT2D eigenvalue weighted by atomic mass is 9.96. The van der Waals surface area contributed by atoms with Crippen LogP contribution in [0.25, 0.3) is 0 Å². The second-order valence-corrected chi connectivity index (χ2v) is 8.08. The zero-order valence-corrected chi connectivity index (χ0v) is 17.7. The van der Waals surface area contributed by atoms with Crippen LogP contribution < -0.4 is 0 Å². The number of piperidine rings is 1. The van der Waals surface area contributed by atoms with Gasteiger partial charge >= 0.3 is 11.9 Å². The molecule has 1 amide bonds. The summed E-state index contributed by atoms with van der Waals surface area (Å²) < 4.78 is 0. The van der Waals surface area contributed by atoms with Crippen LogP contribution in [-0.2, 0) is 20.8 Å². The molecule has 0 saturated carbocycles. The van der Waals surface area contributed by atoms with Gasteiger partial charge in [0, 0.05) is 19.6 Å². The molecule has 0 radical (unpaired) electrons. The van der Waals surface area contributed by atoms with Crippen molar-refractivity contribution in [3.63, 3.8) is 0 Å². The Hall–Kier alpha value is -2.41. The first-order valence-corrected chi connectivity index (χ1v) is 11.0. The van der Waals surface area contributed by atoms with Crippen LogP contribution in [0, 0.1) is 5.92 Å². The average molecular weight is 419 g/mol. The Kier molecular flexibility index (Phi) is 10.3. The molecule has 2 N–H and O–H groups in total. The van der Waals surface area contributed by atoms with Gasteiger partial charge in [-0.05, 0) is 57.2 Å². The third-order valence-corrected chi connectivity index (χ3v) is 5.74. The first-order chi connectivity index (χ1) is 14.5. The summed E-state index contributed by atoms with van der Waals surface area (Å²) >= 11 is 0. The summed E-state index contributed by atoms with van der Waals surface area (Å²) in [7, 11) is 0. The number of hydrogen-bond donors (Lipinski definition) is 2. The normalized spacial score (nSPS) is 19.9. The molecule has 0 spiro atoms. The van der Waals surface area contributed by atoms with Crippen molar-refractivity contribution in [2.45, 2.75) is 51.4 Å². The van der Waals surface area contributed by atoms with E-state index in [1.807, 2.05) is 0 Å². The first-order valence-electron chi connectivity index (χ1n) is 11.0. The minimum atomic E-state index is -1.82. The molecule has 0 aliphatic carbocycles. The Labute approximate surface area is 178 Å². The molecule has 0 aromatic heterocycles. The predicted molar refractivity (Wildman–Crippen MR) is 114 cm³/mol. The summed E-state index contributed by atoms with van der Waals surface area (Å²) in [4.78, 5) is 35.7. The van der Waals surface area contributed by atoms with E-state index in [4.69, 9.17) is 19.8 Å². The van der Waals surface area contributed by atoms with Crippen molar-refractivity contribution in [2.24, 2.45) is 5.92 Å². The lowest BCUT2D eigenvalue weighted by Crippen LogP contribution is -2.45. The van der Waals surface area contributed by atoms with Gasteiger partial charge in [0.2, 0.25) is 5.91 Å². The maximum Gasteiger partial charge on any atom is 0.414 e. The molecule has 1 aromatic rings. The number of carboxylic acid groups (broad SMARTS) is 2. The molecule has 30 heavy (non-hydrogen) atoms. The number of hydrogen-bond acceptors (Lipinski definition) is 4. The third-order valence-electron chi connectivity index (χ3n) is 5.74. The number of nitrogens with zero attached hydrogens (tertiary/aromatic N) is 2. The Balaban J connectivity index is 0.000000469. The van der Waals surface area contributed by atoms with E-state index in [1.54, 1.807) is 0 Å². The summed E-state index contributed by atoms with van der Waals surface area (Å²) in [5, 5.41) is 14.8. The molecular weight excluding hydrogens is 384 g/mol. The van der Waals surface area contributed by atoms with Crippen LogP contribution in [0.4, 0.5) is 0 Å². The van der Waals surface area contributed by atoms with Crippen molar-refractivity contribution in [3.05, 3.63) is 35.9 Å².